The van der Waals surface area contributed by atoms with Gasteiger partial charge in [-0.15, -0.1) is 0 Å². The number of nitrogens with two attached hydrogens (primary N) is 1. The van der Waals surface area contributed by atoms with Crippen molar-refractivity contribution in [2.45, 2.75) is 68.5 Å². The largest absolute Gasteiger partial charge is 0.379 e. The fourth-order valence-corrected chi connectivity index (χ4v) is 9.89. The van der Waals surface area contributed by atoms with E-state index in [1.807, 2.05) is 121 Å². The second-order valence-corrected chi connectivity index (χ2v) is 17.8. The highest BCUT2D eigenvalue weighted by molar-refractivity contribution is 8.13. The van der Waals surface area contributed by atoms with E-state index in [1.165, 1.54) is 11.8 Å². The molecule has 2 aliphatic carbocycles. The highest BCUT2D eigenvalue weighted by Gasteiger charge is 2.36. The van der Waals surface area contributed by atoms with Crippen LogP contribution >= 0.6 is 11.8 Å². The smallest absolute Gasteiger partial charge is 0.172 e. The van der Waals surface area contributed by atoms with Gasteiger partial charge in [0.15, 0.2) is 28.3 Å². The Morgan fingerprint density at radius 2 is 1.00 bits per heavy atom. The first-order valence-electron chi connectivity index (χ1n) is 21.5. The summed E-state index contributed by atoms with van der Waals surface area (Å²) in [4.78, 5) is 57.8. The van der Waals surface area contributed by atoms with Gasteiger partial charge in [0, 0.05) is 139 Å². The molecule has 11 nitrogen and oxygen atoms in total. The molecule has 68 heavy (non-hydrogen) atoms. The van der Waals surface area contributed by atoms with Gasteiger partial charge in [0.1, 0.15) is 0 Å². The van der Waals surface area contributed by atoms with Crippen LogP contribution in [0, 0.1) is 5.41 Å². The third-order valence-corrected chi connectivity index (χ3v) is 13.0. The predicted molar refractivity (Wildman–Crippen MR) is 287 cm³/mol. The number of rotatable bonds is 12. The number of allylic oxidation sites excluding steroid dienone is 4. The minimum atomic E-state index is -0.127. The minimum Gasteiger partial charge on any atom is -0.379 e. The number of carbonyl (C=O) groups is 4. The lowest BCUT2D eigenvalue weighted by Gasteiger charge is -2.10. The first-order valence-corrected chi connectivity index (χ1v) is 22.5. The van der Waals surface area contributed by atoms with Gasteiger partial charge in [0.05, 0.1) is 12.8 Å². The van der Waals surface area contributed by atoms with Crippen molar-refractivity contribution in [3.8, 4) is 0 Å². The van der Waals surface area contributed by atoms with Gasteiger partial charge >= 0.3 is 0 Å². The second-order valence-electron chi connectivity index (χ2n) is 16.7. The van der Waals surface area contributed by atoms with E-state index in [0.717, 1.165) is 104 Å². The first kappa shape index (κ1) is 52.0. The Bertz CT molecular complexity index is 3260. The van der Waals surface area contributed by atoms with E-state index in [9.17, 15) is 19.2 Å². The van der Waals surface area contributed by atoms with Crippen molar-refractivity contribution < 1.29 is 19.2 Å². The number of fused-ring (bicyclic) bond motifs is 4. The van der Waals surface area contributed by atoms with Crippen LogP contribution in [0.3, 0.4) is 0 Å². The second kappa shape index (κ2) is 21.7. The van der Waals surface area contributed by atoms with Crippen molar-refractivity contribution in [3.63, 3.8) is 0 Å². The molecule has 0 saturated carbocycles. The zero-order valence-electron chi connectivity index (χ0n) is 36.1. The summed E-state index contributed by atoms with van der Waals surface area (Å²) in [7, 11) is 6.10. The highest BCUT2D eigenvalue weighted by Crippen LogP contribution is 2.43. The minimum absolute atomic E-state index is 0. The van der Waals surface area contributed by atoms with Gasteiger partial charge in [-0.2, -0.15) is 0 Å². The van der Waals surface area contributed by atoms with Gasteiger partial charge in [-0.05, 0) is 57.7 Å². The van der Waals surface area contributed by atoms with E-state index < -0.39 is 0 Å². The fraction of sp³-hybridized carbons (Fsp3) is 0.268. The molecule has 0 bridgehead atoms. The number of Topliss-reactive ketones (excluding diaryl/α,β-unsaturated/α-hetero) is 4. The van der Waals surface area contributed by atoms with Gasteiger partial charge in [-0.1, -0.05) is 114 Å². The summed E-state index contributed by atoms with van der Waals surface area (Å²) in [6.45, 7) is 2.58. The van der Waals surface area contributed by atoms with Crippen molar-refractivity contribution in [2.24, 2.45) is 12.8 Å². The lowest BCUT2D eigenvalue weighted by Crippen LogP contribution is -2.14. The van der Waals surface area contributed by atoms with Crippen LogP contribution in [-0.2, 0) is 39.3 Å². The lowest BCUT2D eigenvalue weighted by molar-refractivity contribution is -0.121. The number of aromatic amines is 1. The van der Waals surface area contributed by atoms with Gasteiger partial charge in [0.2, 0.25) is 0 Å². The topological polar surface area (TPSA) is 152 Å². The van der Waals surface area contributed by atoms with Crippen LogP contribution in [0.2, 0.25) is 0 Å². The summed E-state index contributed by atoms with van der Waals surface area (Å²) in [6.07, 6.45) is 9.55. The maximum atomic E-state index is 13.2. The number of benzene rings is 4. The Balaban J connectivity index is 0.000000240. The van der Waals surface area contributed by atoms with Crippen molar-refractivity contribution in [1.29, 1.82) is 5.41 Å². The molecule has 2 aliphatic rings. The Morgan fingerprint density at radius 3 is 1.50 bits per heavy atom. The Hall–Kier alpha value is -7.02. The summed E-state index contributed by atoms with van der Waals surface area (Å²) < 4.78 is 6.35. The van der Waals surface area contributed by atoms with Gasteiger partial charge in [-0.3, -0.25) is 24.6 Å². The van der Waals surface area contributed by atoms with E-state index in [0.29, 0.717) is 22.3 Å². The van der Waals surface area contributed by atoms with E-state index >= 15 is 0 Å². The molecule has 354 valence electrons. The fourth-order valence-electron chi connectivity index (χ4n) is 9.40. The van der Waals surface area contributed by atoms with Crippen molar-refractivity contribution in [2.75, 3.05) is 26.4 Å². The van der Waals surface area contributed by atoms with Crippen LogP contribution in [-0.4, -0.2) is 78.3 Å². The number of H-pyrrole nitrogens is 1. The molecular formula is C56H65N7O4S. The molecule has 10 rings (SSSR count). The van der Waals surface area contributed by atoms with Crippen LogP contribution in [0.4, 0.5) is 0 Å². The molecule has 0 fully saturated rings. The molecule has 4 aromatic heterocycles. The Kier molecular flexibility index (Phi) is 16.6. The van der Waals surface area contributed by atoms with Gasteiger partial charge < -0.3 is 29.3 Å². The van der Waals surface area contributed by atoms with Crippen LogP contribution in [0.1, 0.15) is 77.6 Å². The number of hydrogen-bond donors (Lipinski definition) is 3. The van der Waals surface area contributed by atoms with E-state index in [4.69, 9.17) is 11.1 Å². The number of nitrogens with zero attached hydrogens (tertiary/aromatic N) is 4. The number of amidine groups is 1. The normalized spacial score (nSPS) is 13.6. The maximum absolute atomic E-state index is 13.2. The molecule has 0 unspecified atom stereocenters. The molecule has 0 atom stereocenters. The molecular weight excluding hydrogens is 867 g/mol. The number of aromatic nitrogens is 4. The highest BCUT2D eigenvalue weighted by atomic mass is 32.2. The quantitative estimate of drug-likeness (QED) is 0.0477. The van der Waals surface area contributed by atoms with Crippen molar-refractivity contribution in [1.82, 2.24) is 23.6 Å². The number of carbonyl (C=O) groups excluding carboxylic acids is 4. The third-order valence-electron chi connectivity index (χ3n) is 12.2. The summed E-state index contributed by atoms with van der Waals surface area (Å²) in [5, 5.41) is 11.4. The summed E-state index contributed by atoms with van der Waals surface area (Å²) in [5.41, 5.74) is 15.0. The average molecular weight is 932 g/mol. The molecule has 0 radical (unpaired) electrons. The molecule has 0 saturated heterocycles. The standard InChI is InChI=1S/C26H24N4O2S.C26H25N3O2.4CH4/c1-29-14-18(16-7-2-4-9-20(16)29)24-22(31)13-23(32)25(24)19-15-30(11-6-12-33-26(27)28)21-10-5-3-8-17(19)21;1-28(2)12-7-13-29-16-20(18-9-4-6-11-22(18)29)26-24(31)14-23(30)25(26)19-15-27-21-10-5-3-8-17(19)21;;;;/h2-5,7-10,14-15H,6,11-13H2,1H3,(H3,27,28);3-6,8-11,15-16,27H,7,12-14H2,1-2H3;4*1H4. The Morgan fingerprint density at radius 1 is 0.588 bits per heavy atom. The van der Waals surface area contributed by atoms with E-state index in [-0.39, 0.29) is 70.8 Å². The van der Waals surface area contributed by atoms with E-state index in [1.54, 1.807) is 0 Å². The zero-order valence-corrected chi connectivity index (χ0v) is 36.9. The number of ketones is 4. The molecule has 0 spiro atoms. The lowest BCUT2D eigenvalue weighted by atomic mass is 9.95. The van der Waals surface area contributed by atoms with Crippen LogP contribution in [0.25, 0.3) is 65.9 Å². The molecule has 0 amide bonds. The monoisotopic (exact) mass is 931 g/mol. The number of para-hydroxylation sites is 4. The number of aryl methyl sites for hydroxylation is 3. The number of hydrogen-bond acceptors (Lipinski definition) is 7. The zero-order chi connectivity index (χ0) is 44.6. The maximum Gasteiger partial charge on any atom is 0.172 e. The van der Waals surface area contributed by atoms with Crippen LogP contribution < -0.4 is 5.73 Å². The van der Waals surface area contributed by atoms with Crippen LogP contribution in [0.5, 0.6) is 0 Å². The SMILES string of the molecule is C.C.C.C.CN(C)CCCn1cc(C2=C(c3c[nH]c4ccccc34)C(=O)CC2=O)c2ccccc21.Cn1cc(C2=C(c3cn(CCCSC(=N)N)c4ccccc34)C(=O)CC2=O)c2ccccc21. The van der Waals surface area contributed by atoms with Gasteiger partial charge in [-0.25, -0.2) is 0 Å². The third kappa shape index (κ3) is 9.70. The molecule has 12 heteroatoms. The van der Waals surface area contributed by atoms with Crippen molar-refractivity contribution >= 4 is 106 Å². The molecule has 0 aliphatic heterocycles. The summed E-state index contributed by atoms with van der Waals surface area (Å²) in [6, 6.07) is 32.0. The molecule has 4 N–H and O–H groups in total. The first-order chi connectivity index (χ1) is 31.0. The molecule has 4 heterocycles. The molecule has 8 aromatic rings. The number of nitrogens with one attached hydrogen (secondary N) is 2. The summed E-state index contributed by atoms with van der Waals surface area (Å²) in [5.74, 6) is 0.299. The van der Waals surface area contributed by atoms with Crippen LogP contribution in [0.15, 0.2) is 122 Å². The van der Waals surface area contributed by atoms with E-state index in [2.05, 4.69) is 45.4 Å². The molecule has 4 aromatic carbocycles. The summed E-state index contributed by atoms with van der Waals surface area (Å²) >= 11 is 1.33. The average Bonchev–Trinajstić information content (AvgIpc) is 4.13. The predicted octanol–water partition coefficient (Wildman–Crippen LogP) is 11.7. The number of thioether (sulfide) groups is 1. The Labute approximate surface area is 404 Å². The van der Waals surface area contributed by atoms with Crippen molar-refractivity contribution in [3.05, 3.63) is 144 Å². The van der Waals surface area contributed by atoms with Gasteiger partial charge in [0.25, 0.3) is 0 Å².